The largest absolute Gasteiger partial charge is 0.381 e. The van der Waals surface area contributed by atoms with Crippen molar-refractivity contribution in [2.24, 2.45) is 5.92 Å². The van der Waals surface area contributed by atoms with E-state index in [1.807, 2.05) is 0 Å². The Morgan fingerprint density at radius 2 is 2.00 bits per heavy atom. The fourth-order valence-corrected chi connectivity index (χ4v) is 3.11. The van der Waals surface area contributed by atoms with Crippen LogP contribution >= 0.6 is 0 Å². The molecule has 1 atom stereocenters. The Balaban J connectivity index is 1.85. The van der Waals surface area contributed by atoms with Gasteiger partial charge in [0.25, 0.3) is 0 Å². The first-order chi connectivity index (χ1) is 8.85. The third-order valence-corrected chi connectivity index (χ3v) is 4.36. The van der Waals surface area contributed by atoms with Crippen LogP contribution in [-0.4, -0.2) is 38.5 Å². The Hall–Kier alpha value is -0.120. The average molecular weight is 255 g/mol. The quantitative estimate of drug-likeness (QED) is 0.740. The Bertz CT molecular complexity index is 219. The van der Waals surface area contributed by atoms with Crippen LogP contribution in [0.5, 0.6) is 0 Å². The van der Waals surface area contributed by atoms with Crippen molar-refractivity contribution in [2.75, 3.05) is 32.9 Å². The van der Waals surface area contributed by atoms with Crippen LogP contribution in [0.1, 0.15) is 51.9 Å². The molecule has 2 rings (SSSR count). The zero-order valence-corrected chi connectivity index (χ0v) is 11.9. The fourth-order valence-electron chi connectivity index (χ4n) is 3.11. The minimum absolute atomic E-state index is 0.106. The van der Waals surface area contributed by atoms with E-state index >= 15 is 0 Å². The van der Waals surface area contributed by atoms with E-state index in [-0.39, 0.29) is 5.60 Å². The molecule has 1 saturated carbocycles. The Morgan fingerprint density at radius 3 is 2.61 bits per heavy atom. The van der Waals surface area contributed by atoms with E-state index in [4.69, 9.17) is 9.47 Å². The van der Waals surface area contributed by atoms with Crippen LogP contribution in [0.15, 0.2) is 0 Å². The Morgan fingerprint density at radius 1 is 1.22 bits per heavy atom. The van der Waals surface area contributed by atoms with Gasteiger partial charge in [0.2, 0.25) is 0 Å². The van der Waals surface area contributed by atoms with Gasteiger partial charge in [0, 0.05) is 19.1 Å². The normalized spacial score (nSPS) is 28.2. The summed E-state index contributed by atoms with van der Waals surface area (Å²) in [4.78, 5) is 0. The van der Waals surface area contributed by atoms with E-state index in [2.05, 4.69) is 12.2 Å². The van der Waals surface area contributed by atoms with Gasteiger partial charge >= 0.3 is 0 Å². The predicted molar refractivity (Wildman–Crippen MR) is 73.9 cm³/mol. The van der Waals surface area contributed by atoms with Crippen LogP contribution in [0.2, 0.25) is 0 Å². The van der Waals surface area contributed by atoms with E-state index in [9.17, 15) is 0 Å². The lowest BCUT2D eigenvalue weighted by Gasteiger charge is -2.34. The maximum atomic E-state index is 6.39. The van der Waals surface area contributed by atoms with Gasteiger partial charge in [0.05, 0.1) is 18.8 Å². The highest BCUT2D eigenvalue weighted by atomic mass is 16.5. The van der Waals surface area contributed by atoms with Gasteiger partial charge in [-0.25, -0.2) is 0 Å². The van der Waals surface area contributed by atoms with Gasteiger partial charge < -0.3 is 14.8 Å². The minimum Gasteiger partial charge on any atom is -0.381 e. The summed E-state index contributed by atoms with van der Waals surface area (Å²) in [5.41, 5.74) is 0.106. The molecule has 1 N–H and O–H groups in total. The van der Waals surface area contributed by atoms with Gasteiger partial charge in [-0.2, -0.15) is 0 Å². The maximum absolute atomic E-state index is 6.39. The molecule has 106 valence electrons. The number of hydrogen-bond donors (Lipinski definition) is 1. The SMILES string of the molecule is CCNCC1(OCC2CCOC2)CCCCCC1. The average Bonchev–Trinajstić information content (AvgIpc) is 2.81. The highest BCUT2D eigenvalue weighted by molar-refractivity contribution is 4.86. The number of rotatable bonds is 6. The van der Waals surface area contributed by atoms with Crippen LogP contribution in [0.4, 0.5) is 0 Å². The summed E-state index contributed by atoms with van der Waals surface area (Å²) in [5.74, 6) is 0.631. The summed E-state index contributed by atoms with van der Waals surface area (Å²) in [5, 5.41) is 3.51. The van der Waals surface area contributed by atoms with Crippen molar-refractivity contribution in [1.82, 2.24) is 5.32 Å². The maximum Gasteiger partial charge on any atom is 0.0806 e. The van der Waals surface area contributed by atoms with Crippen LogP contribution in [0.3, 0.4) is 0 Å². The molecule has 0 aromatic carbocycles. The zero-order chi connectivity index (χ0) is 12.7. The predicted octanol–water partition coefficient (Wildman–Crippen LogP) is 2.74. The molecule has 3 nitrogen and oxygen atoms in total. The summed E-state index contributed by atoms with van der Waals surface area (Å²) >= 11 is 0. The summed E-state index contributed by atoms with van der Waals surface area (Å²) < 4.78 is 11.8. The van der Waals surface area contributed by atoms with E-state index in [1.165, 1.54) is 44.9 Å². The van der Waals surface area contributed by atoms with Crippen molar-refractivity contribution in [3.05, 3.63) is 0 Å². The van der Waals surface area contributed by atoms with Gasteiger partial charge in [0.1, 0.15) is 0 Å². The molecule has 0 spiro atoms. The topological polar surface area (TPSA) is 30.5 Å². The second-order valence-corrected chi connectivity index (χ2v) is 5.92. The van der Waals surface area contributed by atoms with Crippen LogP contribution in [-0.2, 0) is 9.47 Å². The fraction of sp³-hybridized carbons (Fsp3) is 1.00. The highest BCUT2D eigenvalue weighted by Gasteiger charge is 2.32. The van der Waals surface area contributed by atoms with E-state index < -0.39 is 0 Å². The first-order valence-electron chi connectivity index (χ1n) is 7.77. The molecule has 1 saturated heterocycles. The van der Waals surface area contributed by atoms with Crippen molar-refractivity contribution in [3.63, 3.8) is 0 Å². The zero-order valence-electron chi connectivity index (χ0n) is 11.9. The minimum atomic E-state index is 0.106. The molecule has 0 bridgehead atoms. The van der Waals surface area contributed by atoms with Gasteiger partial charge in [-0.05, 0) is 25.8 Å². The van der Waals surface area contributed by atoms with E-state index in [0.29, 0.717) is 5.92 Å². The molecule has 2 aliphatic rings. The number of hydrogen-bond acceptors (Lipinski definition) is 3. The smallest absolute Gasteiger partial charge is 0.0806 e. The van der Waals surface area contributed by atoms with Crippen molar-refractivity contribution >= 4 is 0 Å². The monoisotopic (exact) mass is 255 g/mol. The molecule has 1 aliphatic carbocycles. The third kappa shape index (κ3) is 4.22. The van der Waals surface area contributed by atoms with E-state index in [1.54, 1.807) is 0 Å². The first kappa shape index (κ1) is 14.3. The molecule has 18 heavy (non-hydrogen) atoms. The molecule has 3 heteroatoms. The van der Waals surface area contributed by atoms with Crippen molar-refractivity contribution in [3.8, 4) is 0 Å². The van der Waals surface area contributed by atoms with Crippen molar-refractivity contribution < 1.29 is 9.47 Å². The van der Waals surface area contributed by atoms with Crippen LogP contribution < -0.4 is 5.32 Å². The molecular weight excluding hydrogens is 226 g/mol. The third-order valence-electron chi connectivity index (χ3n) is 4.36. The Kier molecular flexibility index (Phi) is 5.93. The lowest BCUT2D eigenvalue weighted by molar-refractivity contribution is -0.0693. The highest BCUT2D eigenvalue weighted by Crippen LogP contribution is 2.31. The number of nitrogens with one attached hydrogen (secondary N) is 1. The standard InChI is InChI=1S/C15H29NO2/c1-2-16-13-15(8-5-3-4-6-9-15)18-12-14-7-10-17-11-14/h14,16H,2-13H2,1H3. The molecule has 2 fully saturated rings. The molecule has 0 aromatic rings. The molecule has 0 radical (unpaired) electrons. The molecule has 0 aromatic heterocycles. The summed E-state index contributed by atoms with van der Waals surface area (Å²) in [7, 11) is 0. The molecule has 0 amide bonds. The Labute approximate surface area is 112 Å². The van der Waals surface area contributed by atoms with Crippen molar-refractivity contribution in [2.45, 2.75) is 57.5 Å². The van der Waals surface area contributed by atoms with Gasteiger partial charge in [-0.3, -0.25) is 0 Å². The second-order valence-electron chi connectivity index (χ2n) is 5.92. The lowest BCUT2D eigenvalue weighted by Crippen LogP contribution is -2.44. The number of likely N-dealkylation sites (N-methyl/N-ethyl adjacent to an activating group) is 1. The van der Waals surface area contributed by atoms with Gasteiger partial charge in [-0.15, -0.1) is 0 Å². The van der Waals surface area contributed by atoms with Crippen LogP contribution in [0.25, 0.3) is 0 Å². The summed E-state index contributed by atoms with van der Waals surface area (Å²) in [6, 6.07) is 0. The van der Waals surface area contributed by atoms with Gasteiger partial charge in [-0.1, -0.05) is 32.6 Å². The lowest BCUT2D eigenvalue weighted by atomic mass is 9.93. The summed E-state index contributed by atoms with van der Waals surface area (Å²) in [6.07, 6.45) is 9.05. The molecule has 1 heterocycles. The molecular formula is C15H29NO2. The van der Waals surface area contributed by atoms with Gasteiger partial charge in [0.15, 0.2) is 0 Å². The second kappa shape index (κ2) is 7.46. The summed E-state index contributed by atoms with van der Waals surface area (Å²) in [6.45, 7) is 6.96. The molecule has 1 unspecified atom stereocenters. The first-order valence-corrected chi connectivity index (χ1v) is 7.77. The van der Waals surface area contributed by atoms with E-state index in [0.717, 1.165) is 32.9 Å². The molecule has 1 aliphatic heterocycles. The number of ether oxygens (including phenoxy) is 2. The van der Waals surface area contributed by atoms with Crippen molar-refractivity contribution in [1.29, 1.82) is 0 Å². The van der Waals surface area contributed by atoms with Crippen LogP contribution in [0, 0.1) is 5.92 Å².